The van der Waals surface area contributed by atoms with E-state index in [0.29, 0.717) is 22.0 Å². The summed E-state index contributed by atoms with van der Waals surface area (Å²) in [6.45, 7) is 0. The van der Waals surface area contributed by atoms with Crippen molar-refractivity contribution < 1.29 is 18.8 Å². The average Bonchev–Trinajstić information content (AvgIpc) is 3.26. The summed E-state index contributed by atoms with van der Waals surface area (Å²) in [4.78, 5) is 33.7. The Balaban J connectivity index is 1.59. The van der Waals surface area contributed by atoms with Crippen LogP contribution in [0.1, 0.15) is 11.6 Å². The summed E-state index contributed by atoms with van der Waals surface area (Å²) in [6, 6.07) is 21.0. The first-order chi connectivity index (χ1) is 14.5. The molecule has 2 fully saturated rings. The van der Waals surface area contributed by atoms with Gasteiger partial charge in [-0.2, -0.15) is 0 Å². The molecule has 2 saturated heterocycles. The molecule has 2 heterocycles. The molecule has 5 nitrogen and oxygen atoms in total. The third-order valence-electron chi connectivity index (χ3n) is 5.40. The van der Waals surface area contributed by atoms with Crippen LogP contribution < -0.4 is 9.96 Å². The lowest BCUT2D eigenvalue weighted by Gasteiger charge is -2.28. The molecule has 2 aliphatic rings. The molecule has 3 aromatic carbocycles. The normalized spacial score (nSPS) is 23.2. The van der Waals surface area contributed by atoms with Gasteiger partial charge in [0.25, 0.3) is 5.91 Å². The maximum absolute atomic E-state index is 14.0. The zero-order chi connectivity index (χ0) is 20.8. The summed E-state index contributed by atoms with van der Waals surface area (Å²) in [5.74, 6) is -2.07. The molecule has 0 bridgehead atoms. The maximum atomic E-state index is 14.0. The summed E-state index contributed by atoms with van der Waals surface area (Å²) in [5.41, 5.74) is 1.67. The van der Waals surface area contributed by atoms with Crippen molar-refractivity contribution in [1.29, 1.82) is 0 Å². The molecular formula is C23H16ClFN2O3. The fourth-order valence-corrected chi connectivity index (χ4v) is 4.21. The summed E-state index contributed by atoms with van der Waals surface area (Å²) < 4.78 is 14.0. The Morgan fingerprint density at radius 1 is 0.833 bits per heavy atom. The molecule has 0 unspecified atom stereocenters. The van der Waals surface area contributed by atoms with Gasteiger partial charge in [-0.1, -0.05) is 41.9 Å². The van der Waals surface area contributed by atoms with Crippen LogP contribution in [-0.2, 0) is 14.4 Å². The van der Waals surface area contributed by atoms with E-state index >= 15 is 0 Å². The van der Waals surface area contributed by atoms with E-state index in [1.165, 1.54) is 12.1 Å². The lowest BCUT2D eigenvalue weighted by Crippen LogP contribution is -2.37. The lowest BCUT2D eigenvalue weighted by molar-refractivity contribution is -0.126. The Morgan fingerprint density at radius 2 is 1.57 bits per heavy atom. The number of anilines is 2. The van der Waals surface area contributed by atoms with Crippen LogP contribution in [-0.4, -0.2) is 17.9 Å². The van der Waals surface area contributed by atoms with Crippen molar-refractivity contribution in [2.24, 2.45) is 5.92 Å². The Bertz CT molecular complexity index is 1120. The fourth-order valence-electron chi connectivity index (χ4n) is 4.09. The predicted octanol–water partition coefficient (Wildman–Crippen LogP) is 4.53. The van der Waals surface area contributed by atoms with Crippen LogP contribution in [0.2, 0.25) is 5.02 Å². The molecule has 150 valence electrons. The SMILES string of the molecule is O=C1[C@@H]2[C@@H](ON(c3ccccc3)[C@H]2c2cccc(F)c2)C(=O)N1c1ccc(Cl)cc1. The van der Waals surface area contributed by atoms with Gasteiger partial charge in [0.05, 0.1) is 17.4 Å². The number of hydroxylamine groups is 1. The highest BCUT2D eigenvalue weighted by molar-refractivity contribution is 6.31. The number of fused-ring (bicyclic) bond motifs is 1. The highest BCUT2D eigenvalue weighted by Crippen LogP contribution is 2.47. The monoisotopic (exact) mass is 422 g/mol. The van der Waals surface area contributed by atoms with Crippen LogP contribution in [0.3, 0.4) is 0 Å². The molecule has 5 rings (SSSR count). The first-order valence-electron chi connectivity index (χ1n) is 9.44. The molecule has 30 heavy (non-hydrogen) atoms. The topological polar surface area (TPSA) is 49.9 Å². The second kappa shape index (κ2) is 7.23. The summed E-state index contributed by atoms with van der Waals surface area (Å²) >= 11 is 5.94. The predicted molar refractivity (Wildman–Crippen MR) is 110 cm³/mol. The Hall–Kier alpha value is -3.22. The molecule has 0 saturated carbocycles. The van der Waals surface area contributed by atoms with Crippen molar-refractivity contribution in [1.82, 2.24) is 0 Å². The fraction of sp³-hybridized carbons (Fsp3) is 0.130. The number of carbonyl (C=O) groups excluding carboxylic acids is 2. The second-order valence-corrected chi connectivity index (χ2v) is 7.64. The zero-order valence-electron chi connectivity index (χ0n) is 15.6. The number of amides is 2. The van der Waals surface area contributed by atoms with Crippen molar-refractivity contribution in [3.05, 3.63) is 95.3 Å². The van der Waals surface area contributed by atoms with Crippen LogP contribution >= 0.6 is 11.6 Å². The number of hydrogen-bond donors (Lipinski definition) is 0. The van der Waals surface area contributed by atoms with Gasteiger partial charge in [-0.3, -0.25) is 14.4 Å². The lowest BCUT2D eigenvalue weighted by atomic mass is 9.90. The van der Waals surface area contributed by atoms with E-state index in [0.717, 1.165) is 4.90 Å². The van der Waals surface area contributed by atoms with E-state index in [-0.39, 0.29) is 5.91 Å². The molecular weight excluding hydrogens is 407 g/mol. The molecule has 0 aromatic heterocycles. The minimum absolute atomic E-state index is 0.389. The summed E-state index contributed by atoms with van der Waals surface area (Å²) in [6.07, 6.45) is -0.998. The molecule has 7 heteroatoms. The van der Waals surface area contributed by atoms with Gasteiger partial charge < -0.3 is 0 Å². The molecule has 3 atom stereocenters. The van der Waals surface area contributed by atoms with Gasteiger partial charge in [0.2, 0.25) is 5.91 Å². The summed E-state index contributed by atoms with van der Waals surface area (Å²) in [7, 11) is 0. The van der Waals surface area contributed by atoms with E-state index in [2.05, 4.69) is 0 Å². The number of halogens is 2. The standard InChI is InChI=1S/C23H16ClFN2O3/c24-15-9-11-17(12-10-15)26-22(28)19-20(14-5-4-6-16(25)13-14)27(30-21(19)23(26)29)18-7-2-1-3-8-18/h1-13,19-21H/t19-,20-,21+/m0/s1. The van der Waals surface area contributed by atoms with Crippen molar-refractivity contribution in [3.8, 4) is 0 Å². The maximum Gasteiger partial charge on any atom is 0.266 e. The molecule has 0 aliphatic carbocycles. The average molecular weight is 423 g/mol. The van der Waals surface area contributed by atoms with E-state index < -0.39 is 29.8 Å². The van der Waals surface area contributed by atoms with E-state index in [1.54, 1.807) is 41.5 Å². The van der Waals surface area contributed by atoms with E-state index in [9.17, 15) is 14.0 Å². The third-order valence-corrected chi connectivity index (χ3v) is 5.65. The minimum Gasteiger partial charge on any atom is -0.273 e. The molecule has 2 aliphatic heterocycles. The molecule has 2 amide bonds. The van der Waals surface area contributed by atoms with Gasteiger partial charge in [0.15, 0.2) is 6.10 Å². The molecule has 0 spiro atoms. The van der Waals surface area contributed by atoms with Gasteiger partial charge in [-0.05, 0) is 54.1 Å². The molecule has 0 radical (unpaired) electrons. The Kier molecular flexibility index (Phi) is 4.53. The van der Waals surface area contributed by atoms with Crippen molar-refractivity contribution in [2.45, 2.75) is 12.1 Å². The van der Waals surface area contributed by atoms with E-state index in [1.807, 2.05) is 30.3 Å². The van der Waals surface area contributed by atoms with Gasteiger partial charge in [0.1, 0.15) is 11.7 Å². The number of benzene rings is 3. The van der Waals surface area contributed by atoms with Crippen LogP contribution in [0, 0.1) is 11.7 Å². The first-order valence-corrected chi connectivity index (χ1v) is 9.82. The van der Waals surface area contributed by atoms with Crippen LogP contribution in [0.5, 0.6) is 0 Å². The van der Waals surface area contributed by atoms with Crippen LogP contribution in [0.4, 0.5) is 15.8 Å². The molecule has 0 N–H and O–H groups in total. The van der Waals surface area contributed by atoms with Crippen molar-refractivity contribution in [3.63, 3.8) is 0 Å². The number of para-hydroxylation sites is 1. The van der Waals surface area contributed by atoms with Gasteiger partial charge in [-0.25, -0.2) is 14.4 Å². The smallest absolute Gasteiger partial charge is 0.266 e. The second-order valence-electron chi connectivity index (χ2n) is 7.20. The highest BCUT2D eigenvalue weighted by Gasteiger charge is 2.60. The van der Waals surface area contributed by atoms with Gasteiger partial charge in [-0.15, -0.1) is 0 Å². The zero-order valence-corrected chi connectivity index (χ0v) is 16.4. The van der Waals surface area contributed by atoms with Gasteiger partial charge in [0, 0.05) is 5.02 Å². The number of imide groups is 1. The van der Waals surface area contributed by atoms with Crippen LogP contribution in [0.25, 0.3) is 0 Å². The van der Waals surface area contributed by atoms with Crippen LogP contribution in [0.15, 0.2) is 78.9 Å². The Morgan fingerprint density at radius 3 is 2.27 bits per heavy atom. The minimum atomic E-state index is -0.998. The Labute approximate surface area is 177 Å². The molecule has 3 aromatic rings. The number of hydrogen-bond acceptors (Lipinski definition) is 4. The quantitative estimate of drug-likeness (QED) is 0.582. The highest BCUT2D eigenvalue weighted by atomic mass is 35.5. The van der Waals surface area contributed by atoms with Gasteiger partial charge >= 0.3 is 0 Å². The largest absolute Gasteiger partial charge is 0.273 e. The van der Waals surface area contributed by atoms with E-state index in [4.69, 9.17) is 16.4 Å². The van der Waals surface area contributed by atoms with Crippen molar-refractivity contribution in [2.75, 3.05) is 9.96 Å². The number of carbonyl (C=O) groups is 2. The first kappa shape index (κ1) is 18.8. The van der Waals surface area contributed by atoms with Crippen molar-refractivity contribution >= 4 is 34.8 Å². The summed E-state index contributed by atoms with van der Waals surface area (Å²) in [5, 5.41) is 2.04. The number of nitrogens with zero attached hydrogens (tertiary/aromatic N) is 2. The number of rotatable bonds is 3. The third kappa shape index (κ3) is 2.96.